The summed E-state index contributed by atoms with van der Waals surface area (Å²) in [5, 5.41) is 1.21. The second-order valence-corrected chi connectivity index (χ2v) is 4.41. The minimum atomic E-state index is 0.587. The van der Waals surface area contributed by atoms with Gasteiger partial charge in [-0.1, -0.05) is 31.6 Å². The van der Waals surface area contributed by atoms with Gasteiger partial charge in [0.05, 0.1) is 0 Å². The minimum Gasteiger partial charge on any atom is -0.389 e. The van der Waals surface area contributed by atoms with Gasteiger partial charge in [-0.25, -0.2) is 0 Å². The summed E-state index contributed by atoms with van der Waals surface area (Å²) < 4.78 is 0. The molecule has 2 N–H and O–H groups in total. The van der Waals surface area contributed by atoms with Crippen molar-refractivity contribution in [2.45, 2.75) is 26.2 Å². The first kappa shape index (κ1) is 9.76. The quantitative estimate of drug-likeness (QED) is 0.754. The van der Waals surface area contributed by atoms with Gasteiger partial charge in [-0.2, -0.15) is 0 Å². The average Bonchev–Trinajstić information content (AvgIpc) is 2.48. The summed E-state index contributed by atoms with van der Waals surface area (Å²) in [6, 6.07) is 2.17. The van der Waals surface area contributed by atoms with Crippen LogP contribution < -0.4 is 5.73 Å². The molecule has 0 aliphatic carbocycles. The van der Waals surface area contributed by atoms with Crippen molar-refractivity contribution >= 4 is 25.4 Å². The summed E-state index contributed by atoms with van der Waals surface area (Å²) in [6.45, 7) is 2.20. The Hall–Kier alpha value is -0.330. The van der Waals surface area contributed by atoms with E-state index in [0.29, 0.717) is 13.2 Å². The Morgan fingerprint density at radius 1 is 1.67 bits per heavy atom. The van der Waals surface area contributed by atoms with Crippen LogP contribution in [0, 0.1) is 0 Å². The number of hydrogen-bond acceptors (Lipinski definition) is 1. The number of rotatable bonds is 4. The molecular weight excluding hydrogens is 185 g/mol. The molecule has 0 radical (unpaired) electrons. The Kier molecular flexibility index (Phi) is 3.77. The summed E-state index contributed by atoms with van der Waals surface area (Å²) in [4.78, 5) is 0.587. The monoisotopic (exact) mass is 199 g/mol. The maximum absolute atomic E-state index is 5.60. The molecule has 1 atom stereocenters. The summed E-state index contributed by atoms with van der Waals surface area (Å²) >= 11 is 4.97. The van der Waals surface area contributed by atoms with Crippen LogP contribution in [0.1, 0.15) is 30.6 Å². The lowest BCUT2D eigenvalue weighted by atomic mass is 10.1. The third kappa shape index (κ3) is 2.33. The molecule has 12 heavy (non-hydrogen) atoms. The Bertz CT molecular complexity index is 267. The smallest absolute Gasteiger partial charge is 0.108 e. The van der Waals surface area contributed by atoms with E-state index in [0.717, 1.165) is 6.42 Å². The topological polar surface area (TPSA) is 26.0 Å². The van der Waals surface area contributed by atoms with Crippen molar-refractivity contribution < 1.29 is 0 Å². The lowest BCUT2D eigenvalue weighted by Crippen LogP contribution is -2.09. The molecule has 0 saturated carbocycles. The average molecular weight is 199 g/mol. The summed E-state index contributed by atoms with van der Waals surface area (Å²) in [5.74, 6) is 2.17. The zero-order valence-electron chi connectivity index (χ0n) is 7.26. The fraction of sp³-hybridized carbons (Fsp3) is 0.444. The van der Waals surface area contributed by atoms with E-state index in [4.69, 9.17) is 18.0 Å². The number of unbranched alkanes of at least 4 members (excludes halogenated alkanes) is 1. The Morgan fingerprint density at radius 2 is 2.42 bits per heavy atom. The highest BCUT2D eigenvalue weighted by Crippen LogP contribution is 2.22. The maximum Gasteiger partial charge on any atom is 0.108 e. The molecule has 0 aliphatic heterocycles. The molecule has 1 nitrogen and oxygen atoms in total. The summed E-state index contributed by atoms with van der Waals surface area (Å²) in [6.07, 6.45) is 3.59. The van der Waals surface area contributed by atoms with Crippen molar-refractivity contribution in [2.24, 2.45) is 5.73 Å². The van der Waals surface area contributed by atoms with Gasteiger partial charge in [0.25, 0.3) is 0 Å². The van der Waals surface area contributed by atoms with Gasteiger partial charge in [0, 0.05) is 5.30 Å². The van der Waals surface area contributed by atoms with E-state index < -0.39 is 0 Å². The third-order valence-electron chi connectivity index (χ3n) is 1.88. The molecule has 1 heterocycles. The molecule has 0 amide bonds. The van der Waals surface area contributed by atoms with Crippen LogP contribution in [0.3, 0.4) is 0 Å². The van der Waals surface area contributed by atoms with E-state index in [1.54, 1.807) is 0 Å². The van der Waals surface area contributed by atoms with Crippen molar-refractivity contribution in [1.82, 2.24) is 0 Å². The lowest BCUT2D eigenvalue weighted by molar-refractivity contribution is 0.796. The standard InChI is InChI=1S/C9H14NPS/c1-2-3-4-7-5-6-11-8(7)9(10)12/h5-6,11H,2-4H2,1H3,(H2,10,12). The van der Waals surface area contributed by atoms with E-state index in [9.17, 15) is 0 Å². The van der Waals surface area contributed by atoms with Crippen LogP contribution in [0.15, 0.2) is 11.9 Å². The van der Waals surface area contributed by atoms with E-state index in [-0.39, 0.29) is 0 Å². The first-order chi connectivity index (χ1) is 5.75. The molecule has 1 aromatic heterocycles. The molecule has 0 bridgehead atoms. The predicted octanol–water partition coefficient (Wildman–Crippen LogP) is 2.69. The van der Waals surface area contributed by atoms with Crippen molar-refractivity contribution in [3.8, 4) is 0 Å². The van der Waals surface area contributed by atoms with Gasteiger partial charge in [0.2, 0.25) is 0 Å². The van der Waals surface area contributed by atoms with Crippen LogP contribution in [0.5, 0.6) is 0 Å². The van der Waals surface area contributed by atoms with Gasteiger partial charge in [0.15, 0.2) is 0 Å². The molecule has 0 saturated heterocycles. The second-order valence-electron chi connectivity index (χ2n) is 2.85. The van der Waals surface area contributed by atoms with Gasteiger partial charge in [-0.3, -0.25) is 0 Å². The Balaban J connectivity index is 2.70. The molecule has 0 aliphatic rings. The fourth-order valence-corrected chi connectivity index (χ4v) is 2.50. The third-order valence-corrected chi connectivity index (χ3v) is 3.48. The first-order valence-electron chi connectivity index (χ1n) is 4.21. The van der Waals surface area contributed by atoms with Gasteiger partial charge >= 0.3 is 0 Å². The normalized spacial score (nSPS) is 10.8. The van der Waals surface area contributed by atoms with Gasteiger partial charge in [0.1, 0.15) is 4.99 Å². The second kappa shape index (κ2) is 4.64. The molecule has 1 rings (SSSR count). The lowest BCUT2D eigenvalue weighted by Gasteiger charge is -2.00. The van der Waals surface area contributed by atoms with Crippen LogP contribution in [0.2, 0.25) is 0 Å². The van der Waals surface area contributed by atoms with Crippen LogP contribution in [0.25, 0.3) is 0 Å². The van der Waals surface area contributed by atoms with Crippen LogP contribution in [0.4, 0.5) is 0 Å². The molecule has 1 unspecified atom stereocenters. The molecule has 0 spiro atoms. The SMILES string of the molecule is CCCCc1cc[pH]c1C(N)=S. The van der Waals surface area contributed by atoms with Crippen molar-refractivity contribution in [2.75, 3.05) is 0 Å². The van der Waals surface area contributed by atoms with E-state index in [1.165, 1.54) is 23.7 Å². The van der Waals surface area contributed by atoms with Crippen LogP contribution in [-0.4, -0.2) is 4.99 Å². The van der Waals surface area contributed by atoms with Crippen LogP contribution >= 0.6 is 20.4 Å². The zero-order chi connectivity index (χ0) is 8.97. The highest BCUT2D eigenvalue weighted by Gasteiger charge is 2.03. The molecule has 0 fully saturated rings. The minimum absolute atomic E-state index is 0.587. The number of aryl methyl sites for hydroxylation is 1. The Morgan fingerprint density at radius 3 is 3.00 bits per heavy atom. The molecule has 1 aromatic rings. The van der Waals surface area contributed by atoms with Crippen molar-refractivity contribution in [3.63, 3.8) is 0 Å². The molecule has 0 aromatic carbocycles. The molecule has 3 heteroatoms. The summed E-state index contributed by atoms with van der Waals surface area (Å²) in [7, 11) is 0.705. The van der Waals surface area contributed by atoms with Crippen molar-refractivity contribution in [1.29, 1.82) is 0 Å². The Labute approximate surface area is 80.4 Å². The zero-order valence-corrected chi connectivity index (χ0v) is 9.08. The molecule has 66 valence electrons. The van der Waals surface area contributed by atoms with Gasteiger partial charge in [-0.05, 0) is 24.2 Å². The summed E-state index contributed by atoms with van der Waals surface area (Å²) in [5.41, 5.74) is 6.96. The van der Waals surface area contributed by atoms with Crippen molar-refractivity contribution in [3.05, 3.63) is 22.7 Å². The van der Waals surface area contributed by atoms with E-state index in [1.807, 2.05) is 0 Å². The first-order valence-corrected chi connectivity index (χ1v) is 5.70. The fourth-order valence-electron chi connectivity index (χ4n) is 1.21. The predicted molar refractivity (Wildman–Crippen MR) is 60.4 cm³/mol. The molecular formula is C9H14NPS. The van der Waals surface area contributed by atoms with Gasteiger partial charge < -0.3 is 5.73 Å². The maximum atomic E-state index is 5.60. The van der Waals surface area contributed by atoms with E-state index >= 15 is 0 Å². The van der Waals surface area contributed by atoms with Gasteiger partial charge in [-0.15, -0.1) is 8.19 Å². The highest BCUT2D eigenvalue weighted by atomic mass is 32.1. The highest BCUT2D eigenvalue weighted by molar-refractivity contribution is 7.81. The number of thiocarbonyl (C=S) groups is 1. The number of nitrogens with two attached hydrogens (primary N) is 1. The number of hydrogen-bond donors (Lipinski definition) is 1. The van der Waals surface area contributed by atoms with E-state index in [2.05, 4.69) is 18.8 Å². The largest absolute Gasteiger partial charge is 0.389 e. The van der Waals surface area contributed by atoms with Crippen LogP contribution in [-0.2, 0) is 6.42 Å².